The van der Waals surface area contributed by atoms with Crippen LogP contribution in [0.4, 0.5) is 5.95 Å². The number of aromatic hydroxyl groups is 1. The van der Waals surface area contributed by atoms with Crippen molar-refractivity contribution in [1.29, 1.82) is 0 Å². The van der Waals surface area contributed by atoms with Gasteiger partial charge in [-0.1, -0.05) is 0 Å². The van der Waals surface area contributed by atoms with Crippen molar-refractivity contribution in [3.63, 3.8) is 0 Å². The summed E-state index contributed by atoms with van der Waals surface area (Å²) in [7, 11) is 0. The molecule has 0 atom stereocenters. The summed E-state index contributed by atoms with van der Waals surface area (Å²) in [4.78, 5) is 8.41. The minimum atomic E-state index is 0.138. The Labute approximate surface area is 124 Å². The highest BCUT2D eigenvalue weighted by Gasteiger charge is 2.14. The zero-order valence-electron chi connectivity index (χ0n) is 11.3. The fourth-order valence-corrected chi connectivity index (χ4v) is 2.34. The smallest absolute Gasteiger partial charge is 0.221 e. The largest absolute Gasteiger partial charge is 0.508 e. The van der Waals surface area contributed by atoms with Crippen LogP contribution < -0.4 is 5.73 Å². The second-order valence-corrected chi connectivity index (χ2v) is 4.78. The molecule has 4 aromatic rings. The molecule has 0 aliphatic heterocycles. The van der Waals surface area contributed by atoms with Gasteiger partial charge >= 0.3 is 0 Å². The zero-order chi connectivity index (χ0) is 15.1. The topological polar surface area (TPSA) is 114 Å². The highest BCUT2D eigenvalue weighted by molar-refractivity contribution is 5.93. The molecular formula is C15H11N5O2. The van der Waals surface area contributed by atoms with Crippen LogP contribution in [0.1, 0.15) is 0 Å². The standard InChI is InChI=1S/C15H11N5O2/c16-15-17-11(13-2-1-5-22-13)7-12(18-15)14-9-4-3-8(21)6-10(9)19-20-14/h1-7,21H,(H,19,20)(H2,16,17,18). The van der Waals surface area contributed by atoms with Crippen LogP contribution in [-0.2, 0) is 0 Å². The molecule has 0 aliphatic rings. The normalized spacial score (nSPS) is 11.1. The van der Waals surface area contributed by atoms with Crippen LogP contribution in [0.2, 0.25) is 0 Å². The first-order valence-corrected chi connectivity index (χ1v) is 6.56. The van der Waals surface area contributed by atoms with Crippen LogP contribution in [-0.4, -0.2) is 25.3 Å². The van der Waals surface area contributed by atoms with Crippen LogP contribution in [0.15, 0.2) is 47.1 Å². The van der Waals surface area contributed by atoms with Gasteiger partial charge in [0, 0.05) is 11.5 Å². The number of nitrogen functional groups attached to an aromatic ring is 1. The van der Waals surface area contributed by atoms with Gasteiger partial charge in [0.15, 0.2) is 5.76 Å². The molecule has 0 spiro atoms. The molecule has 0 unspecified atom stereocenters. The van der Waals surface area contributed by atoms with Crippen molar-refractivity contribution in [2.75, 3.05) is 5.73 Å². The van der Waals surface area contributed by atoms with E-state index in [1.54, 1.807) is 42.7 Å². The van der Waals surface area contributed by atoms with Crippen molar-refractivity contribution in [3.05, 3.63) is 42.7 Å². The maximum atomic E-state index is 9.52. The highest BCUT2D eigenvalue weighted by atomic mass is 16.3. The molecule has 0 amide bonds. The average molecular weight is 293 g/mol. The number of furan rings is 1. The molecule has 3 aromatic heterocycles. The van der Waals surface area contributed by atoms with Crippen LogP contribution in [0, 0.1) is 0 Å². The predicted molar refractivity (Wildman–Crippen MR) is 80.9 cm³/mol. The predicted octanol–water partition coefficient (Wildman–Crippen LogP) is 2.57. The third-order valence-electron chi connectivity index (χ3n) is 3.31. The van der Waals surface area contributed by atoms with Gasteiger partial charge in [0.25, 0.3) is 0 Å². The van der Waals surface area contributed by atoms with Crippen molar-refractivity contribution < 1.29 is 9.52 Å². The first-order chi connectivity index (χ1) is 10.7. The second-order valence-electron chi connectivity index (χ2n) is 4.78. The van der Waals surface area contributed by atoms with Crippen molar-refractivity contribution in [1.82, 2.24) is 20.2 Å². The lowest BCUT2D eigenvalue weighted by molar-refractivity contribution is 0.476. The number of nitrogens with one attached hydrogen (secondary N) is 1. The fourth-order valence-electron chi connectivity index (χ4n) is 2.34. The van der Waals surface area contributed by atoms with Crippen molar-refractivity contribution in [2.24, 2.45) is 0 Å². The highest BCUT2D eigenvalue weighted by Crippen LogP contribution is 2.29. The number of aromatic nitrogens is 4. The summed E-state index contributed by atoms with van der Waals surface area (Å²) in [5.41, 5.74) is 8.31. The van der Waals surface area contributed by atoms with E-state index >= 15 is 0 Å². The van der Waals surface area contributed by atoms with Gasteiger partial charge in [0.2, 0.25) is 5.95 Å². The number of hydrogen-bond acceptors (Lipinski definition) is 6. The number of anilines is 1. The molecule has 0 saturated heterocycles. The van der Waals surface area contributed by atoms with Gasteiger partial charge in [0.1, 0.15) is 17.1 Å². The Morgan fingerprint density at radius 3 is 2.77 bits per heavy atom. The number of aromatic amines is 1. The Balaban J connectivity index is 1.91. The van der Waals surface area contributed by atoms with E-state index in [4.69, 9.17) is 10.2 Å². The van der Waals surface area contributed by atoms with E-state index in [1.165, 1.54) is 0 Å². The van der Waals surface area contributed by atoms with E-state index in [9.17, 15) is 5.11 Å². The molecule has 0 saturated carbocycles. The van der Waals surface area contributed by atoms with E-state index in [2.05, 4.69) is 20.2 Å². The van der Waals surface area contributed by atoms with Gasteiger partial charge in [-0.15, -0.1) is 0 Å². The maximum absolute atomic E-state index is 9.52. The number of H-pyrrole nitrogens is 1. The maximum Gasteiger partial charge on any atom is 0.221 e. The van der Waals surface area contributed by atoms with E-state index < -0.39 is 0 Å². The molecular weight excluding hydrogens is 282 g/mol. The van der Waals surface area contributed by atoms with E-state index in [0.29, 0.717) is 28.4 Å². The van der Waals surface area contributed by atoms with Gasteiger partial charge < -0.3 is 15.3 Å². The van der Waals surface area contributed by atoms with Gasteiger partial charge in [0.05, 0.1) is 17.5 Å². The van der Waals surface area contributed by atoms with E-state index in [1.807, 2.05) is 0 Å². The van der Waals surface area contributed by atoms with E-state index in [0.717, 1.165) is 5.39 Å². The van der Waals surface area contributed by atoms with Gasteiger partial charge in [-0.3, -0.25) is 5.10 Å². The molecule has 7 heteroatoms. The Morgan fingerprint density at radius 1 is 1.09 bits per heavy atom. The molecule has 108 valence electrons. The number of fused-ring (bicyclic) bond motifs is 1. The summed E-state index contributed by atoms with van der Waals surface area (Å²) in [5.74, 6) is 0.910. The summed E-state index contributed by atoms with van der Waals surface area (Å²) in [5, 5.41) is 17.5. The molecule has 4 N–H and O–H groups in total. The molecule has 0 aliphatic carbocycles. The number of benzene rings is 1. The fraction of sp³-hybridized carbons (Fsp3) is 0. The van der Waals surface area contributed by atoms with Crippen LogP contribution in [0.3, 0.4) is 0 Å². The Bertz CT molecular complexity index is 959. The lowest BCUT2D eigenvalue weighted by Crippen LogP contribution is -1.98. The lowest BCUT2D eigenvalue weighted by Gasteiger charge is -2.02. The van der Waals surface area contributed by atoms with Crippen molar-refractivity contribution >= 4 is 16.9 Å². The number of phenolic OH excluding ortho intramolecular Hbond substituents is 1. The van der Waals surface area contributed by atoms with Crippen LogP contribution in [0.25, 0.3) is 33.7 Å². The summed E-state index contributed by atoms with van der Waals surface area (Å²) in [6, 6.07) is 10.3. The van der Waals surface area contributed by atoms with Gasteiger partial charge in [-0.25, -0.2) is 9.97 Å². The first-order valence-electron chi connectivity index (χ1n) is 6.56. The number of phenols is 1. The summed E-state index contributed by atoms with van der Waals surface area (Å²) in [6.07, 6.45) is 1.57. The molecule has 22 heavy (non-hydrogen) atoms. The molecule has 7 nitrogen and oxygen atoms in total. The quantitative estimate of drug-likeness (QED) is 0.523. The number of nitrogens with two attached hydrogens (primary N) is 1. The second kappa shape index (κ2) is 4.59. The Hall–Kier alpha value is -3.35. The molecule has 0 radical (unpaired) electrons. The summed E-state index contributed by atoms with van der Waals surface area (Å²) < 4.78 is 5.34. The molecule has 1 aromatic carbocycles. The average Bonchev–Trinajstić information content (AvgIpc) is 3.15. The summed E-state index contributed by atoms with van der Waals surface area (Å²) in [6.45, 7) is 0. The Morgan fingerprint density at radius 2 is 1.95 bits per heavy atom. The third kappa shape index (κ3) is 1.96. The monoisotopic (exact) mass is 293 g/mol. The van der Waals surface area contributed by atoms with Gasteiger partial charge in [-0.05, 0) is 30.3 Å². The minimum absolute atomic E-state index is 0.138. The molecule has 0 bridgehead atoms. The molecule has 0 fully saturated rings. The van der Waals surface area contributed by atoms with E-state index in [-0.39, 0.29) is 11.7 Å². The molecule has 4 rings (SSSR count). The molecule has 3 heterocycles. The summed E-state index contributed by atoms with van der Waals surface area (Å²) >= 11 is 0. The van der Waals surface area contributed by atoms with Gasteiger partial charge in [-0.2, -0.15) is 5.10 Å². The van der Waals surface area contributed by atoms with Crippen molar-refractivity contribution in [3.8, 4) is 28.6 Å². The Kier molecular flexibility index (Phi) is 2.59. The number of nitrogens with zero attached hydrogens (tertiary/aromatic N) is 3. The third-order valence-corrected chi connectivity index (χ3v) is 3.31. The van der Waals surface area contributed by atoms with Crippen molar-refractivity contribution in [2.45, 2.75) is 0 Å². The zero-order valence-corrected chi connectivity index (χ0v) is 11.3. The minimum Gasteiger partial charge on any atom is -0.508 e. The first kappa shape index (κ1) is 12.4. The van der Waals surface area contributed by atoms with Crippen LogP contribution in [0.5, 0.6) is 5.75 Å². The lowest BCUT2D eigenvalue weighted by atomic mass is 10.1. The van der Waals surface area contributed by atoms with Crippen LogP contribution >= 0.6 is 0 Å². The SMILES string of the molecule is Nc1nc(-c2ccco2)cc(-c2n[nH]c3cc(O)ccc23)n1. The number of rotatable bonds is 2. The number of hydrogen-bond donors (Lipinski definition) is 3.